The van der Waals surface area contributed by atoms with Gasteiger partial charge < -0.3 is 14.4 Å². The third-order valence-corrected chi connectivity index (χ3v) is 9.05. The molecule has 42 heavy (non-hydrogen) atoms. The molecule has 0 N–H and O–H groups in total. The van der Waals surface area contributed by atoms with Gasteiger partial charge >= 0.3 is 0 Å². The number of nitrogens with zero attached hydrogens (tertiary/aromatic N) is 2. The Morgan fingerprint density at radius 1 is 0.905 bits per heavy atom. The van der Waals surface area contributed by atoms with Gasteiger partial charge in [0.2, 0.25) is 0 Å². The molecule has 6 rings (SSSR count). The fourth-order valence-electron chi connectivity index (χ4n) is 5.05. The van der Waals surface area contributed by atoms with Crippen LogP contribution in [0.25, 0.3) is 44.5 Å². The second-order valence-electron chi connectivity index (χ2n) is 11.9. The van der Waals surface area contributed by atoms with Crippen molar-refractivity contribution in [3.8, 4) is 22.5 Å². The first-order valence-electron chi connectivity index (χ1n) is 14.0. The van der Waals surface area contributed by atoms with Crippen LogP contribution in [0.3, 0.4) is 0 Å². The smallest absolute Gasteiger partial charge is 0.120 e. The summed E-state index contributed by atoms with van der Waals surface area (Å²) in [7, 11) is -1.41. The van der Waals surface area contributed by atoms with E-state index in [1.54, 1.807) is 6.07 Å². The van der Waals surface area contributed by atoms with Crippen molar-refractivity contribution in [1.29, 1.82) is 0 Å². The number of aromatic nitrogens is 2. The number of fused-ring (bicyclic) bond motifs is 3. The summed E-state index contributed by atoms with van der Waals surface area (Å²) < 4.78 is 19.0. The minimum absolute atomic E-state index is 0. The minimum atomic E-state index is -1.41. The molecule has 0 aliphatic rings. The molecule has 3 nitrogen and oxygen atoms in total. The zero-order valence-corrected chi connectivity index (χ0v) is 28.3. The van der Waals surface area contributed by atoms with Gasteiger partial charge in [-0.3, -0.25) is 4.39 Å². The van der Waals surface area contributed by atoms with Gasteiger partial charge in [-0.05, 0) is 48.0 Å². The molecule has 3 aromatic carbocycles. The topological polar surface area (TPSA) is 38.9 Å². The van der Waals surface area contributed by atoms with Crippen molar-refractivity contribution in [3.63, 3.8) is 0 Å². The Morgan fingerprint density at radius 3 is 2.38 bits per heavy atom. The first kappa shape index (κ1) is 31.5. The molecular weight excluding hydrogens is 716 g/mol. The number of hydrogen-bond acceptors (Lipinski definition) is 3. The molecule has 0 aliphatic heterocycles. The molecule has 6 aromatic rings. The molecule has 0 aliphatic carbocycles. The third kappa shape index (κ3) is 7.12. The molecule has 3 aromatic heterocycles. The zero-order chi connectivity index (χ0) is 29.1. The zero-order valence-electron chi connectivity index (χ0n) is 24.9. The van der Waals surface area contributed by atoms with E-state index in [4.69, 9.17) is 4.42 Å². The predicted molar refractivity (Wildman–Crippen MR) is 171 cm³/mol. The van der Waals surface area contributed by atoms with Crippen molar-refractivity contribution >= 4 is 35.2 Å². The number of furan rings is 1. The van der Waals surface area contributed by atoms with Crippen molar-refractivity contribution in [2.24, 2.45) is 5.92 Å². The van der Waals surface area contributed by atoms with Gasteiger partial charge in [-0.2, -0.15) is 0 Å². The van der Waals surface area contributed by atoms with Crippen LogP contribution in [0.1, 0.15) is 25.0 Å². The van der Waals surface area contributed by atoms with E-state index in [0.717, 1.165) is 50.9 Å². The van der Waals surface area contributed by atoms with Crippen LogP contribution < -0.4 is 5.19 Å². The van der Waals surface area contributed by atoms with Crippen LogP contribution in [0, 0.1) is 30.8 Å². The summed E-state index contributed by atoms with van der Waals surface area (Å²) in [5.74, 6) is 0.340. The van der Waals surface area contributed by atoms with E-state index in [9.17, 15) is 4.39 Å². The van der Waals surface area contributed by atoms with Gasteiger partial charge in [0.1, 0.15) is 5.58 Å². The van der Waals surface area contributed by atoms with Crippen LogP contribution in [0.5, 0.6) is 0 Å². The number of pyridine rings is 2. The monoisotopic (exact) mass is 751 g/mol. The molecule has 0 fully saturated rings. The average molecular weight is 751 g/mol. The molecule has 0 unspecified atom stereocenters. The molecular formula is C36H35FIrN2OSi-2. The normalized spacial score (nSPS) is 11.3. The Morgan fingerprint density at radius 2 is 1.69 bits per heavy atom. The molecule has 0 bridgehead atoms. The number of rotatable bonds is 5. The van der Waals surface area contributed by atoms with Crippen LogP contribution in [-0.4, -0.2) is 18.0 Å². The summed E-state index contributed by atoms with van der Waals surface area (Å²) in [6.45, 7) is 13.6. The molecule has 3 heterocycles. The van der Waals surface area contributed by atoms with Gasteiger partial charge in [-0.1, -0.05) is 85.9 Å². The second-order valence-corrected chi connectivity index (χ2v) is 16.9. The predicted octanol–water partition coefficient (Wildman–Crippen LogP) is 9.19. The average Bonchev–Trinajstić information content (AvgIpc) is 3.32. The fourth-order valence-corrected chi connectivity index (χ4v) is 6.64. The second kappa shape index (κ2) is 13.2. The molecule has 217 valence electrons. The number of benzene rings is 3. The van der Waals surface area contributed by atoms with Crippen molar-refractivity contribution in [3.05, 3.63) is 114 Å². The number of hydrogen-bond donors (Lipinski definition) is 0. The van der Waals surface area contributed by atoms with Crippen LogP contribution in [0.2, 0.25) is 19.6 Å². The van der Waals surface area contributed by atoms with Gasteiger partial charge in [-0.15, -0.1) is 48.0 Å². The van der Waals surface area contributed by atoms with E-state index >= 15 is 0 Å². The van der Waals surface area contributed by atoms with Crippen molar-refractivity contribution in [2.75, 3.05) is 0 Å². The third-order valence-electron chi connectivity index (χ3n) is 6.99. The summed E-state index contributed by atoms with van der Waals surface area (Å²) in [5.41, 5.74) is 7.86. The first-order valence-corrected chi connectivity index (χ1v) is 17.5. The minimum Gasteiger partial charge on any atom is -0.501 e. The Labute approximate surface area is 262 Å². The molecule has 0 atom stereocenters. The largest absolute Gasteiger partial charge is 0.501 e. The SMILES string of the molecule is CC(C)Cc1cc(-c2[c-]cc(F)cc2)ncc1[Si](C)(C)C.Cc1ccnc(-c2[c-]ccc3c2oc2ccccc23)c1.[Ir]. The Balaban J connectivity index is 0.000000188. The van der Waals surface area contributed by atoms with E-state index in [-0.39, 0.29) is 25.9 Å². The summed E-state index contributed by atoms with van der Waals surface area (Å²) in [5, 5.41) is 3.66. The van der Waals surface area contributed by atoms with Crippen molar-refractivity contribution in [2.45, 2.75) is 46.8 Å². The Hall–Kier alpha value is -3.44. The summed E-state index contributed by atoms with van der Waals surface area (Å²) in [4.78, 5) is 9.03. The molecule has 0 saturated heterocycles. The van der Waals surface area contributed by atoms with Crippen LogP contribution >= 0.6 is 0 Å². The van der Waals surface area contributed by atoms with Crippen molar-refractivity contribution in [1.82, 2.24) is 9.97 Å². The molecule has 1 radical (unpaired) electrons. The summed E-state index contributed by atoms with van der Waals surface area (Å²) in [6.07, 6.45) is 4.90. The molecule has 0 amide bonds. The maximum absolute atomic E-state index is 13.0. The Kier molecular flexibility index (Phi) is 9.93. The number of para-hydroxylation sites is 1. The molecule has 0 spiro atoms. The van der Waals surface area contributed by atoms with Crippen molar-refractivity contribution < 1.29 is 28.9 Å². The molecule has 0 saturated carbocycles. The fraction of sp³-hybridized carbons (Fsp3) is 0.222. The molecule has 6 heteroatoms. The summed E-state index contributed by atoms with van der Waals surface area (Å²) in [6, 6.07) is 29.1. The Bertz CT molecular complexity index is 1810. The van der Waals surface area contributed by atoms with E-state index in [2.05, 4.69) is 80.7 Å². The standard InChI is InChI=1S/C18H23FNSi.C18H12NO.Ir/c1-13(2)10-15-11-17(14-6-8-16(19)9-7-14)20-12-18(15)21(3,4)5;1-12-9-10-19-16(11-12)15-7-4-6-14-13-5-2-3-8-17(13)20-18(14)15;/h6,8-9,11-13H,10H2,1-5H3;2-6,8-11H,1H3;/q2*-1;. The van der Waals surface area contributed by atoms with E-state index < -0.39 is 8.07 Å². The van der Waals surface area contributed by atoms with E-state index in [0.29, 0.717) is 5.92 Å². The van der Waals surface area contributed by atoms with Gasteiger partial charge in [0, 0.05) is 43.7 Å². The van der Waals surface area contributed by atoms with Gasteiger partial charge in [0.25, 0.3) is 0 Å². The van der Waals surface area contributed by atoms with E-state index in [1.165, 1.54) is 28.4 Å². The number of aryl methyl sites for hydroxylation is 1. The van der Waals surface area contributed by atoms with Gasteiger partial charge in [-0.25, -0.2) is 0 Å². The van der Waals surface area contributed by atoms with E-state index in [1.807, 2.05) is 48.8 Å². The number of halogens is 1. The quantitative estimate of drug-likeness (QED) is 0.130. The maximum Gasteiger partial charge on any atom is 0.120 e. The van der Waals surface area contributed by atoms with Gasteiger partial charge in [0.15, 0.2) is 0 Å². The van der Waals surface area contributed by atoms with Crippen LogP contribution in [0.4, 0.5) is 4.39 Å². The van der Waals surface area contributed by atoms with Crippen LogP contribution in [-0.2, 0) is 26.5 Å². The maximum atomic E-state index is 13.0. The van der Waals surface area contributed by atoms with Gasteiger partial charge in [0.05, 0.1) is 13.7 Å². The first-order chi connectivity index (χ1) is 19.6. The van der Waals surface area contributed by atoms with Crippen LogP contribution in [0.15, 0.2) is 89.6 Å². The summed E-state index contributed by atoms with van der Waals surface area (Å²) >= 11 is 0.